The van der Waals surface area contributed by atoms with Crippen molar-refractivity contribution in [1.82, 2.24) is 0 Å². The number of carbonyl (C=O) groups excluding carboxylic acids is 1. The van der Waals surface area contributed by atoms with Crippen molar-refractivity contribution in [2.75, 3.05) is 6.79 Å². The van der Waals surface area contributed by atoms with Crippen LogP contribution in [0.1, 0.15) is 49.3 Å². The summed E-state index contributed by atoms with van der Waals surface area (Å²) < 4.78 is 10.9. The van der Waals surface area contributed by atoms with Gasteiger partial charge in [-0.2, -0.15) is 0 Å². The molecular weight excluding hydrogens is 372 g/mol. The lowest BCUT2D eigenvalue weighted by molar-refractivity contribution is -0.120. The fraction of sp³-hybridized carbons (Fsp3) is 0.296. The first-order chi connectivity index (χ1) is 14.6. The van der Waals surface area contributed by atoms with Gasteiger partial charge in [0.05, 0.1) is 5.41 Å². The van der Waals surface area contributed by atoms with Crippen molar-refractivity contribution in [3.63, 3.8) is 0 Å². The Hall–Kier alpha value is -3.07. The van der Waals surface area contributed by atoms with Gasteiger partial charge < -0.3 is 9.47 Å². The molecule has 152 valence electrons. The van der Waals surface area contributed by atoms with E-state index in [1.165, 1.54) is 16.7 Å². The van der Waals surface area contributed by atoms with E-state index < -0.39 is 0 Å². The van der Waals surface area contributed by atoms with Crippen LogP contribution >= 0.6 is 0 Å². The van der Waals surface area contributed by atoms with Crippen LogP contribution in [-0.2, 0) is 16.6 Å². The van der Waals surface area contributed by atoms with Gasteiger partial charge in [0.15, 0.2) is 11.5 Å². The molecule has 0 N–H and O–H groups in total. The molecule has 2 aliphatic rings. The van der Waals surface area contributed by atoms with Gasteiger partial charge in [0.1, 0.15) is 5.78 Å². The van der Waals surface area contributed by atoms with Crippen LogP contribution in [0.25, 0.3) is 11.1 Å². The van der Waals surface area contributed by atoms with Crippen LogP contribution in [0.5, 0.6) is 11.5 Å². The maximum absolute atomic E-state index is 13.2. The molecule has 0 saturated heterocycles. The van der Waals surface area contributed by atoms with Crippen molar-refractivity contribution in [1.29, 1.82) is 0 Å². The molecule has 0 radical (unpaired) electrons. The maximum atomic E-state index is 13.2. The number of ether oxygens (including phenoxy) is 2. The molecule has 1 fully saturated rings. The van der Waals surface area contributed by atoms with E-state index in [0.717, 1.165) is 35.5 Å². The van der Waals surface area contributed by atoms with Gasteiger partial charge in [-0.1, -0.05) is 68.4 Å². The minimum Gasteiger partial charge on any atom is -0.454 e. The Morgan fingerprint density at radius 1 is 0.933 bits per heavy atom. The molecular formula is C27H26O3. The molecule has 0 spiro atoms. The Morgan fingerprint density at radius 3 is 2.40 bits per heavy atom. The van der Waals surface area contributed by atoms with Crippen molar-refractivity contribution in [2.24, 2.45) is 0 Å². The number of hydrogen-bond donors (Lipinski definition) is 0. The third kappa shape index (κ3) is 3.28. The molecule has 1 aliphatic heterocycles. The minimum atomic E-state index is -0.357. The Bertz CT molecular complexity index is 1090. The van der Waals surface area contributed by atoms with Crippen LogP contribution in [0.2, 0.25) is 0 Å². The zero-order chi connectivity index (χ0) is 20.7. The third-order valence-corrected chi connectivity index (χ3v) is 6.42. The Balaban J connectivity index is 1.35. The van der Waals surface area contributed by atoms with Gasteiger partial charge in [-0.3, -0.25) is 4.79 Å². The third-order valence-electron chi connectivity index (χ3n) is 6.42. The molecule has 3 heteroatoms. The first-order valence-electron chi connectivity index (χ1n) is 10.7. The summed E-state index contributed by atoms with van der Waals surface area (Å²) in [6, 6.07) is 23.0. The van der Waals surface area contributed by atoms with E-state index in [-0.39, 0.29) is 18.0 Å². The summed E-state index contributed by atoms with van der Waals surface area (Å²) in [6.45, 7) is 4.69. The van der Waals surface area contributed by atoms with Crippen molar-refractivity contribution < 1.29 is 14.3 Å². The topological polar surface area (TPSA) is 35.5 Å². The summed E-state index contributed by atoms with van der Waals surface area (Å²) in [4.78, 5) is 13.2. The van der Waals surface area contributed by atoms with E-state index in [2.05, 4.69) is 62.4 Å². The van der Waals surface area contributed by atoms with Crippen LogP contribution in [-0.4, -0.2) is 12.6 Å². The highest BCUT2D eigenvalue weighted by Gasteiger charge is 2.50. The van der Waals surface area contributed by atoms with E-state index >= 15 is 0 Å². The summed E-state index contributed by atoms with van der Waals surface area (Å²) in [7, 11) is 0. The number of rotatable bonds is 6. The van der Waals surface area contributed by atoms with Crippen molar-refractivity contribution >= 4 is 5.78 Å². The van der Waals surface area contributed by atoms with E-state index in [9.17, 15) is 4.79 Å². The first kappa shape index (κ1) is 18.9. The SMILES string of the molecule is CC(C)c1ccccc1-c1ccc(CC(=O)C2(c3ccc4c(c3)OCO4)CC2)cc1. The number of hydrogen-bond acceptors (Lipinski definition) is 3. The van der Waals surface area contributed by atoms with Gasteiger partial charge >= 0.3 is 0 Å². The molecule has 5 rings (SSSR count). The summed E-state index contributed by atoms with van der Waals surface area (Å²) >= 11 is 0. The normalized spacial score (nSPS) is 16.0. The molecule has 0 atom stereocenters. The van der Waals surface area contributed by atoms with Gasteiger partial charge in [0.25, 0.3) is 0 Å². The molecule has 0 bridgehead atoms. The van der Waals surface area contributed by atoms with Crippen molar-refractivity contribution in [2.45, 2.75) is 44.4 Å². The molecule has 30 heavy (non-hydrogen) atoms. The monoisotopic (exact) mass is 398 g/mol. The average Bonchev–Trinajstić information content (AvgIpc) is 3.45. The Kier molecular flexibility index (Phi) is 4.62. The zero-order valence-corrected chi connectivity index (χ0v) is 17.5. The van der Waals surface area contributed by atoms with E-state index in [1.807, 2.05) is 18.2 Å². The van der Waals surface area contributed by atoms with Crippen molar-refractivity contribution in [3.8, 4) is 22.6 Å². The van der Waals surface area contributed by atoms with Gasteiger partial charge in [0.2, 0.25) is 6.79 Å². The molecule has 0 aromatic heterocycles. The highest BCUT2D eigenvalue weighted by molar-refractivity contribution is 5.94. The predicted octanol–water partition coefficient (Wildman–Crippen LogP) is 6.05. The lowest BCUT2D eigenvalue weighted by Crippen LogP contribution is -2.22. The molecule has 3 aromatic carbocycles. The molecule has 3 nitrogen and oxygen atoms in total. The fourth-order valence-electron chi connectivity index (χ4n) is 4.47. The zero-order valence-electron chi connectivity index (χ0n) is 17.5. The molecule has 1 heterocycles. The number of carbonyl (C=O) groups is 1. The highest BCUT2D eigenvalue weighted by atomic mass is 16.7. The van der Waals surface area contributed by atoms with Gasteiger partial charge in [-0.25, -0.2) is 0 Å². The number of benzene rings is 3. The second-order valence-electron chi connectivity index (χ2n) is 8.69. The van der Waals surface area contributed by atoms with Crippen LogP contribution in [0.3, 0.4) is 0 Å². The number of ketones is 1. The van der Waals surface area contributed by atoms with Crippen LogP contribution in [0, 0.1) is 0 Å². The smallest absolute Gasteiger partial charge is 0.231 e. The van der Waals surface area contributed by atoms with Crippen LogP contribution < -0.4 is 9.47 Å². The second kappa shape index (κ2) is 7.32. The predicted molar refractivity (Wildman–Crippen MR) is 118 cm³/mol. The standard InChI is InChI=1S/C27H26O3/c1-18(2)22-5-3-4-6-23(22)20-9-7-19(8-10-20)15-26(28)27(13-14-27)21-11-12-24-25(16-21)30-17-29-24/h3-12,16,18H,13-15,17H2,1-2H3. The fourth-order valence-corrected chi connectivity index (χ4v) is 4.47. The lowest BCUT2D eigenvalue weighted by atomic mass is 9.87. The Labute approximate surface area is 177 Å². The number of fused-ring (bicyclic) bond motifs is 1. The second-order valence-corrected chi connectivity index (χ2v) is 8.69. The lowest BCUT2D eigenvalue weighted by Gasteiger charge is -2.16. The molecule has 1 aliphatic carbocycles. The minimum absolute atomic E-state index is 0.256. The molecule has 3 aromatic rings. The average molecular weight is 399 g/mol. The highest BCUT2D eigenvalue weighted by Crippen LogP contribution is 2.51. The summed E-state index contributed by atoms with van der Waals surface area (Å²) in [6.07, 6.45) is 2.27. The van der Waals surface area contributed by atoms with E-state index in [4.69, 9.17) is 9.47 Å². The van der Waals surface area contributed by atoms with E-state index in [1.54, 1.807) is 0 Å². The Morgan fingerprint density at radius 2 is 1.67 bits per heavy atom. The van der Waals surface area contributed by atoms with Crippen molar-refractivity contribution in [3.05, 3.63) is 83.4 Å². The quantitative estimate of drug-likeness (QED) is 0.507. The van der Waals surface area contributed by atoms with Gasteiger partial charge in [-0.15, -0.1) is 0 Å². The molecule has 1 saturated carbocycles. The maximum Gasteiger partial charge on any atom is 0.231 e. The summed E-state index contributed by atoms with van der Waals surface area (Å²) in [5.74, 6) is 2.27. The summed E-state index contributed by atoms with van der Waals surface area (Å²) in [5, 5.41) is 0. The van der Waals surface area contributed by atoms with Crippen LogP contribution in [0.15, 0.2) is 66.7 Å². The molecule has 0 unspecified atom stereocenters. The summed E-state index contributed by atoms with van der Waals surface area (Å²) in [5.41, 5.74) is 5.58. The van der Waals surface area contributed by atoms with Gasteiger partial charge in [0, 0.05) is 6.42 Å². The van der Waals surface area contributed by atoms with Gasteiger partial charge in [-0.05, 0) is 58.7 Å². The van der Waals surface area contributed by atoms with Crippen LogP contribution in [0.4, 0.5) is 0 Å². The molecule has 0 amide bonds. The van der Waals surface area contributed by atoms with E-state index in [0.29, 0.717) is 12.3 Å². The number of Topliss-reactive ketones (excluding diaryl/α,β-unsaturated/α-hetero) is 1. The first-order valence-corrected chi connectivity index (χ1v) is 10.7. The largest absolute Gasteiger partial charge is 0.454 e.